The van der Waals surface area contributed by atoms with Gasteiger partial charge < -0.3 is 10.2 Å². The second-order valence-electron chi connectivity index (χ2n) is 5.46. The molecule has 0 unspecified atom stereocenters. The zero-order valence-electron chi connectivity index (χ0n) is 11.7. The first-order valence-corrected chi connectivity index (χ1v) is 7.29. The van der Waals surface area contributed by atoms with E-state index in [0.29, 0.717) is 6.04 Å². The maximum absolute atomic E-state index is 3.74. The number of likely N-dealkylation sites (tertiary alicyclic amines) is 1. The highest BCUT2D eigenvalue weighted by atomic mass is 15.1. The molecular weight excluding hydrogens is 220 g/mol. The molecule has 2 rings (SSSR count). The van der Waals surface area contributed by atoms with Crippen LogP contribution in [0.3, 0.4) is 0 Å². The molecule has 0 amide bonds. The van der Waals surface area contributed by atoms with E-state index in [1.165, 1.54) is 31.6 Å². The van der Waals surface area contributed by atoms with Crippen molar-refractivity contribution in [3.63, 3.8) is 0 Å². The number of piperidine rings is 1. The second-order valence-corrected chi connectivity index (χ2v) is 5.46. The summed E-state index contributed by atoms with van der Waals surface area (Å²) in [5, 5.41) is 3.74. The van der Waals surface area contributed by atoms with E-state index < -0.39 is 0 Å². The van der Waals surface area contributed by atoms with Crippen LogP contribution in [0.5, 0.6) is 0 Å². The highest BCUT2D eigenvalue weighted by Crippen LogP contribution is 2.16. The van der Waals surface area contributed by atoms with Gasteiger partial charge in [0.2, 0.25) is 0 Å². The van der Waals surface area contributed by atoms with Gasteiger partial charge in [-0.1, -0.05) is 44.2 Å². The molecule has 0 aliphatic carbocycles. The Morgan fingerprint density at radius 1 is 1.28 bits per heavy atom. The fraction of sp³-hybridized carbons (Fsp3) is 0.625. The van der Waals surface area contributed by atoms with Gasteiger partial charge in [0, 0.05) is 12.6 Å². The van der Waals surface area contributed by atoms with Gasteiger partial charge in [0.05, 0.1) is 0 Å². The first-order valence-electron chi connectivity index (χ1n) is 7.29. The largest absolute Gasteiger partial charge is 0.313 e. The minimum atomic E-state index is 0.705. The summed E-state index contributed by atoms with van der Waals surface area (Å²) in [7, 11) is 0. The van der Waals surface area contributed by atoms with E-state index >= 15 is 0 Å². The first-order chi connectivity index (χ1) is 8.79. The van der Waals surface area contributed by atoms with Gasteiger partial charge in [-0.2, -0.15) is 0 Å². The van der Waals surface area contributed by atoms with Gasteiger partial charge in [0.15, 0.2) is 0 Å². The maximum Gasteiger partial charge on any atom is 0.0117 e. The summed E-state index contributed by atoms with van der Waals surface area (Å²) in [5.74, 6) is 0.773. The Morgan fingerprint density at radius 3 is 2.72 bits per heavy atom. The average Bonchev–Trinajstić information content (AvgIpc) is 2.42. The van der Waals surface area contributed by atoms with Crippen molar-refractivity contribution in [2.45, 2.75) is 32.7 Å². The van der Waals surface area contributed by atoms with Gasteiger partial charge in [0.25, 0.3) is 0 Å². The van der Waals surface area contributed by atoms with Crippen LogP contribution in [0.4, 0.5) is 0 Å². The van der Waals surface area contributed by atoms with E-state index in [1.54, 1.807) is 0 Å². The van der Waals surface area contributed by atoms with Gasteiger partial charge in [-0.3, -0.25) is 0 Å². The number of benzene rings is 1. The van der Waals surface area contributed by atoms with E-state index in [0.717, 1.165) is 18.9 Å². The van der Waals surface area contributed by atoms with Crippen molar-refractivity contribution < 1.29 is 0 Å². The molecule has 2 atom stereocenters. The third kappa shape index (κ3) is 3.82. The average molecular weight is 246 g/mol. The summed E-state index contributed by atoms with van der Waals surface area (Å²) in [6.07, 6.45) is 2.44. The summed E-state index contributed by atoms with van der Waals surface area (Å²) < 4.78 is 0. The standard InChI is InChI=1S/C16H26N2/c1-3-18-12-10-16(14(2)13-18)17-11-9-15-7-5-4-6-8-15/h4-8,14,16-17H,3,9-13H2,1-2H3/t14-,16-/m1/s1. The fourth-order valence-corrected chi connectivity index (χ4v) is 2.87. The highest BCUT2D eigenvalue weighted by Gasteiger charge is 2.24. The van der Waals surface area contributed by atoms with E-state index in [4.69, 9.17) is 0 Å². The highest BCUT2D eigenvalue weighted by molar-refractivity contribution is 5.14. The van der Waals surface area contributed by atoms with Crippen molar-refractivity contribution >= 4 is 0 Å². The van der Waals surface area contributed by atoms with Gasteiger partial charge in [-0.15, -0.1) is 0 Å². The molecule has 1 aliphatic rings. The Kier molecular flexibility index (Phi) is 5.21. The summed E-state index contributed by atoms with van der Waals surface area (Å²) in [4.78, 5) is 2.56. The lowest BCUT2D eigenvalue weighted by Gasteiger charge is -2.36. The third-order valence-corrected chi connectivity index (χ3v) is 4.10. The molecule has 1 aliphatic heterocycles. The van der Waals surface area contributed by atoms with Crippen LogP contribution in [-0.4, -0.2) is 37.1 Å². The van der Waals surface area contributed by atoms with Crippen LogP contribution in [0.15, 0.2) is 30.3 Å². The zero-order valence-corrected chi connectivity index (χ0v) is 11.7. The molecule has 2 heteroatoms. The summed E-state index contributed by atoms with van der Waals surface area (Å²) in [6, 6.07) is 11.5. The number of nitrogens with one attached hydrogen (secondary N) is 1. The topological polar surface area (TPSA) is 15.3 Å². The van der Waals surface area contributed by atoms with Crippen molar-refractivity contribution in [1.29, 1.82) is 0 Å². The molecule has 0 saturated carbocycles. The van der Waals surface area contributed by atoms with Gasteiger partial charge in [0.1, 0.15) is 0 Å². The fourth-order valence-electron chi connectivity index (χ4n) is 2.87. The van der Waals surface area contributed by atoms with Gasteiger partial charge in [-0.05, 0) is 44.0 Å². The molecule has 1 aromatic rings. The quantitative estimate of drug-likeness (QED) is 0.859. The van der Waals surface area contributed by atoms with Crippen LogP contribution in [-0.2, 0) is 6.42 Å². The lowest BCUT2D eigenvalue weighted by atomic mass is 9.93. The Balaban J connectivity index is 1.71. The molecule has 18 heavy (non-hydrogen) atoms. The summed E-state index contributed by atoms with van der Waals surface area (Å²) in [6.45, 7) is 9.44. The van der Waals surface area contributed by atoms with E-state index in [2.05, 4.69) is 54.4 Å². The molecule has 0 bridgehead atoms. The van der Waals surface area contributed by atoms with Gasteiger partial charge in [-0.25, -0.2) is 0 Å². The molecule has 1 fully saturated rings. The van der Waals surface area contributed by atoms with E-state index in [9.17, 15) is 0 Å². The number of hydrogen-bond donors (Lipinski definition) is 1. The van der Waals surface area contributed by atoms with Crippen LogP contribution in [0.2, 0.25) is 0 Å². The monoisotopic (exact) mass is 246 g/mol. The van der Waals surface area contributed by atoms with Crippen LogP contribution < -0.4 is 5.32 Å². The van der Waals surface area contributed by atoms with Crippen LogP contribution >= 0.6 is 0 Å². The predicted molar refractivity (Wildman–Crippen MR) is 77.8 cm³/mol. The Bertz CT molecular complexity index is 336. The molecule has 1 N–H and O–H groups in total. The minimum absolute atomic E-state index is 0.705. The predicted octanol–water partition coefficient (Wildman–Crippen LogP) is 2.55. The van der Waals surface area contributed by atoms with Crippen molar-refractivity contribution in [2.75, 3.05) is 26.2 Å². The number of rotatable bonds is 5. The van der Waals surface area contributed by atoms with Crippen molar-refractivity contribution in [1.82, 2.24) is 10.2 Å². The molecule has 0 aromatic heterocycles. The molecule has 1 heterocycles. The number of nitrogens with zero attached hydrogens (tertiary/aromatic N) is 1. The Labute approximate surface area is 111 Å². The van der Waals surface area contributed by atoms with Crippen LogP contribution in [0, 0.1) is 5.92 Å². The molecule has 0 radical (unpaired) electrons. The zero-order chi connectivity index (χ0) is 12.8. The van der Waals surface area contributed by atoms with E-state index in [-0.39, 0.29) is 0 Å². The number of hydrogen-bond acceptors (Lipinski definition) is 2. The second kappa shape index (κ2) is 6.91. The molecule has 0 spiro atoms. The normalized spacial score (nSPS) is 25.2. The van der Waals surface area contributed by atoms with Crippen molar-refractivity contribution in [2.24, 2.45) is 5.92 Å². The first kappa shape index (κ1) is 13.6. The lowest BCUT2D eigenvalue weighted by molar-refractivity contribution is 0.154. The van der Waals surface area contributed by atoms with Crippen molar-refractivity contribution in [3.05, 3.63) is 35.9 Å². The van der Waals surface area contributed by atoms with Crippen LogP contribution in [0.25, 0.3) is 0 Å². The lowest BCUT2D eigenvalue weighted by Crippen LogP contribution is -2.48. The SMILES string of the molecule is CCN1CC[C@@H](NCCc2ccccc2)[C@H](C)C1. The van der Waals surface area contributed by atoms with Gasteiger partial charge >= 0.3 is 0 Å². The Hall–Kier alpha value is -0.860. The van der Waals surface area contributed by atoms with Crippen molar-refractivity contribution in [3.8, 4) is 0 Å². The minimum Gasteiger partial charge on any atom is -0.313 e. The summed E-state index contributed by atoms with van der Waals surface area (Å²) in [5.41, 5.74) is 1.43. The molecular formula is C16H26N2. The third-order valence-electron chi connectivity index (χ3n) is 4.10. The Morgan fingerprint density at radius 2 is 2.06 bits per heavy atom. The summed E-state index contributed by atoms with van der Waals surface area (Å²) >= 11 is 0. The molecule has 2 nitrogen and oxygen atoms in total. The maximum atomic E-state index is 3.74. The molecule has 100 valence electrons. The van der Waals surface area contributed by atoms with E-state index in [1.807, 2.05) is 0 Å². The molecule has 1 saturated heterocycles. The smallest absolute Gasteiger partial charge is 0.0117 e. The molecule has 1 aromatic carbocycles. The van der Waals surface area contributed by atoms with Crippen LogP contribution in [0.1, 0.15) is 25.8 Å².